The van der Waals surface area contributed by atoms with Crippen LogP contribution < -0.4 is 0 Å². The summed E-state index contributed by atoms with van der Waals surface area (Å²) in [5.41, 5.74) is 0.619. The van der Waals surface area contributed by atoms with Gasteiger partial charge in [-0.05, 0) is 45.2 Å². The maximum Gasteiger partial charge on any atom is 0.316 e. The van der Waals surface area contributed by atoms with E-state index < -0.39 is 18.0 Å². The Balaban J connectivity index is 1.72. The molecule has 2 bridgehead atoms. The first kappa shape index (κ1) is 14.2. The average molecular weight is 304 g/mol. The summed E-state index contributed by atoms with van der Waals surface area (Å²) in [7, 11) is 2.14. The van der Waals surface area contributed by atoms with Gasteiger partial charge in [0.1, 0.15) is 12.0 Å². The lowest BCUT2D eigenvalue weighted by Gasteiger charge is -2.36. The van der Waals surface area contributed by atoms with Gasteiger partial charge >= 0.3 is 5.97 Å². The van der Waals surface area contributed by atoms with Gasteiger partial charge in [-0.1, -0.05) is 30.3 Å². The first-order chi connectivity index (χ1) is 10.9. The zero-order valence-corrected chi connectivity index (χ0v) is 13.2. The van der Waals surface area contributed by atoms with Crippen molar-refractivity contribution in [2.45, 2.75) is 62.8 Å². The number of carbonyl (C=O) groups excluding carboxylic acids is 1. The van der Waals surface area contributed by atoms with E-state index in [-0.39, 0.29) is 6.10 Å². The fourth-order valence-corrected chi connectivity index (χ4v) is 3.88. The Hall–Kier alpha value is -1.39. The Morgan fingerprint density at radius 1 is 1.32 bits per heavy atom. The molecule has 2 aliphatic heterocycles. The molecule has 3 rings (SSSR count). The molecule has 0 amide bonds. The molecule has 2 saturated heterocycles. The van der Waals surface area contributed by atoms with Crippen molar-refractivity contribution in [3.63, 3.8) is 0 Å². The Bertz CT molecular complexity index is 543. The fourth-order valence-electron chi connectivity index (χ4n) is 3.88. The molecule has 0 aromatic heterocycles. The van der Waals surface area contributed by atoms with Gasteiger partial charge in [0.2, 0.25) is 0 Å². The topological polar surface area (TPSA) is 49.8 Å². The Labute approximate surface area is 133 Å². The van der Waals surface area contributed by atoms with Gasteiger partial charge in [-0.15, -0.1) is 0 Å². The minimum absolute atomic E-state index is 0.107. The first-order valence-electron chi connectivity index (χ1n) is 8.56. The van der Waals surface area contributed by atoms with E-state index in [0.29, 0.717) is 17.6 Å². The second kappa shape index (κ2) is 6.39. The zero-order valence-electron chi connectivity index (χ0n) is 14.2. The van der Waals surface area contributed by atoms with Crippen LogP contribution >= 0.6 is 0 Å². The number of rotatable bonds is 4. The predicted molar refractivity (Wildman–Crippen MR) is 84.6 cm³/mol. The number of benzene rings is 1. The third kappa shape index (κ3) is 3.03. The standard InChI is InChI=1S/C18H25NO3/c1-12(20)17(13-6-4-3-5-7-13)18(21)22-16-10-14-8-9-15(11-16)19(14)2/h3-7,12,14-17,20H,8-11H2,1-2H3/t12?,14-,15?,16-,17?/m1/s1/i12D. The molecule has 4 heteroatoms. The summed E-state index contributed by atoms with van der Waals surface area (Å²) in [5, 5.41) is 10.1. The normalized spacial score (nSPS) is 32.9. The third-order valence-corrected chi connectivity index (χ3v) is 5.12. The highest BCUT2D eigenvalue weighted by atomic mass is 16.5. The average Bonchev–Trinajstić information content (AvgIpc) is 2.70. The van der Waals surface area contributed by atoms with E-state index in [2.05, 4.69) is 11.9 Å². The summed E-state index contributed by atoms with van der Waals surface area (Å²) < 4.78 is 13.7. The molecule has 1 N–H and O–H groups in total. The Morgan fingerprint density at radius 2 is 1.91 bits per heavy atom. The second-order valence-corrected chi connectivity index (χ2v) is 6.57. The van der Waals surface area contributed by atoms with Crippen LogP contribution in [-0.2, 0) is 9.53 Å². The van der Waals surface area contributed by atoms with Gasteiger partial charge in [0.25, 0.3) is 0 Å². The van der Waals surface area contributed by atoms with Crippen LogP contribution in [0.15, 0.2) is 30.3 Å². The molecule has 0 radical (unpaired) electrons. The molecule has 3 unspecified atom stereocenters. The highest BCUT2D eigenvalue weighted by Crippen LogP contribution is 2.36. The van der Waals surface area contributed by atoms with Crippen molar-refractivity contribution in [2.24, 2.45) is 0 Å². The van der Waals surface area contributed by atoms with Crippen molar-refractivity contribution in [1.29, 1.82) is 0 Å². The van der Waals surface area contributed by atoms with Crippen molar-refractivity contribution in [3.8, 4) is 0 Å². The van der Waals surface area contributed by atoms with Gasteiger partial charge in [0, 0.05) is 12.1 Å². The zero-order chi connectivity index (χ0) is 16.6. The van der Waals surface area contributed by atoms with Crippen LogP contribution in [0, 0.1) is 0 Å². The molecule has 120 valence electrons. The molecule has 4 nitrogen and oxygen atoms in total. The summed E-state index contributed by atoms with van der Waals surface area (Å²) in [6.45, 7) is 1.34. The number of aliphatic hydroxyl groups is 1. The number of hydrogen-bond donors (Lipinski definition) is 1. The molecule has 0 saturated carbocycles. The molecule has 22 heavy (non-hydrogen) atoms. The van der Waals surface area contributed by atoms with Crippen LogP contribution in [0.4, 0.5) is 0 Å². The van der Waals surface area contributed by atoms with Gasteiger partial charge in [0.15, 0.2) is 0 Å². The number of ether oxygens (including phenoxy) is 1. The summed E-state index contributed by atoms with van der Waals surface area (Å²) >= 11 is 0. The van der Waals surface area contributed by atoms with Gasteiger partial charge in [0.05, 0.1) is 7.45 Å². The van der Waals surface area contributed by atoms with E-state index in [9.17, 15) is 9.90 Å². The van der Waals surface area contributed by atoms with Crippen molar-refractivity contribution in [2.75, 3.05) is 7.05 Å². The molecule has 2 aliphatic rings. The van der Waals surface area contributed by atoms with Crippen molar-refractivity contribution >= 4 is 5.97 Å². The smallest absolute Gasteiger partial charge is 0.316 e. The number of fused-ring (bicyclic) bond motifs is 2. The van der Waals surface area contributed by atoms with Crippen molar-refractivity contribution in [3.05, 3.63) is 35.9 Å². The largest absolute Gasteiger partial charge is 0.462 e. The Morgan fingerprint density at radius 3 is 2.45 bits per heavy atom. The van der Waals surface area contributed by atoms with Crippen LogP contribution in [0.25, 0.3) is 0 Å². The molecule has 5 atom stereocenters. The summed E-state index contributed by atoms with van der Waals surface area (Å²) in [6, 6.07) is 9.94. The lowest BCUT2D eigenvalue weighted by atomic mass is 9.94. The molecule has 0 spiro atoms. The minimum Gasteiger partial charge on any atom is -0.462 e. The number of nitrogens with zero attached hydrogens (tertiary/aromatic N) is 1. The van der Waals surface area contributed by atoms with E-state index in [4.69, 9.17) is 6.11 Å². The molecule has 1 aromatic rings. The van der Waals surface area contributed by atoms with E-state index in [0.717, 1.165) is 25.7 Å². The monoisotopic (exact) mass is 304 g/mol. The maximum absolute atomic E-state index is 12.7. The predicted octanol–water partition coefficient (Wildman–Crippen LogP) is 2.32. The van der Waals surface area contributed by atoms with Crippen LogP contribution in [0.2, 0.25) is 0 Å². The molecule has 1 aromatic carbocycles. The van der Waals surface area contributed by atoms with Gasteiger partial charge in [-0.2, -0.15) is 0 Å². The van der Waals surface area contributed by atoms with Crippen molar-refractivity contribution in [1.82, 2.24) is 4.90 Å². The van der Waals surface area contributed by atoms with Gasteiger partial charge in [-0.3, -0.25) is 4.79 Å². The minimum atomic E-state index is -1.90. The molecule has 2 heterocycles. The maximum atomic E-state index is 12.7. The summed E-state index contributed by atoms with van der Waals surface area (Å²) in [6.07, 6.45) is 2.01. The second-order valence-electron chi connectivity index (χ2n) is 6.57. The van der Waals surface area contributed by atoms with Crippen LogP contribution in [0.3, 0.4) is 0 Å². The third-order valence-electron chi connectivity index (χ3n) is 5.12. The van der Waals surface area contributed by atoms with E-state index in [1.54, 1.807) is 24.3 Å². The number of carbonyl (C=O) groups is 1. The van der Waals surface area contributed by atoms with E-state index in [1.165, 1.54) is 6.92 Å². The lowest BCUT2D eigenvalue weighted by molar-refractivity contribution is -0.156. The van der Waals surface area contributed by atoms with Gasteiger partial charge in [-0.25, -0.2) is 0 Å². The summed E-state index contributed by atoms with van der Waals surface area (Å²) in [5.74, 6) is -1.48. The molecule has 0 aliphatic carbocycles. The highest BCUT2D eigenvalue weighted by molar-refractivity contribution is 5.79. The highest BCUT2D eigenvalue weighted by Gasteiger charge is 2.40. The quantitative estimate of drug-likeness (QED) is 0.867. The van der Waals surface area contributed by atoms with Gasteiger partial charge < -0.3 is 14.7 Å². The SMILES string of the molecule is [2H]C(C)(O)C(C(=O)O[C@H]1CC2CC[C@H](C1)N2C)c1ccccc1. The number of esters is 1. The molecular weight excluding hydrogens is 278 g/mol. The van der Waals surface area contributed by atoms with Crippen LogP contribution in [0.5, 0.6) is 0 Å². The summed E-state index contributed by atoms with van der Waals surface area (Å²) in [4.78, 5) is 15.0. The van der Waals surface area contributed by atoms with E-state index in [1.807, 2.05) is 6.07 Å². The van der Waals surface area contributed by atoms with Crippen LogP contribution in [0.1, 0.15) is 45.5 Å². The molecule has 2 fully saturated rings. The fraction of sp³-hybridized carbons (Fsp3) is 0.611. The van der Waals surface area contributed by atoms with E-state index >= 15 is 0 Å². The molecular formula is C18H25NO3. The number of hydrogen-bond acceptors (Lipinski definition) is 4. The first-order valence-corrected chi connectivity index (χ1v) is 8.06. The van der Waals surface area contributed by atoms with Crippen molar-refractivity contribution < 1.29 is 16.0 Å². The number of piperidine rings is 1. The lowest BCUT2D eigenvalue weighted by Crippen LogP contribution is -2.44. The van der Waals surface area contributed by atoms with Crippen LogP contribution in [-0.4, -0.2) is 47.3 Å². The Kier molecular flexibility index (Phi) is 4.13.